The number of fused-ring (bicyclic) bond motifs is 1. The molecule has 1 saturated heterocycles. The van der Waals surface area contributed by atoms with Crippen LogP contribution in [0.3, 0.4) is 0 Å². The predicted molar refractivity (Wildman–Crippen MR) is 83.2 cm³/mol. The minimum Gasteiger partial charge on any atom is -0.472 e. The van der Waals surface area contributed by atoms with Gasteiger partial charge in [-0.3, -0.25) is 4.79 Å². The molecule has 116 valence electrons. The lowest BCUT2D eigenvalue weighted by atomic mass is 10.3. The van der Waals surface area contributed by atoms with Crippen molar-refractivity contribution in [1.29, 1.82) is 0 Å². The molecule has 6 heteroatoms. The first-order valence-corrected chi connectivity index (χ1v) is 7.49. The summed E-state index contributed by atoms with van der Waals surface area (Å²) in [4.78, 5) is 22.8. The van der Waals surface area contributed by atoms with Crippen LogP contribution >= 0.6 is 0 Å². The van der Waals surface area contributed by atoms with Gasteiger partial charge in [0.25, 0.3) is 5.91 Å². The van der Waals surface area contributed by atoms with Gasteiger partial charge in [-0.15, -0.1) is 0 Å². The minimum absolute atomic E-state index is 0.0329. The second-order valence-electron chi connectivity index (χ2n) is 5.49. The van der Waals surface area contributed by atoms with Crippen molar-refractivity contribution in [2.24, 2.45) is 0 Å². The molecule has 0 saturated carbocycles. The monoisotopic (exact) mass is 309 g/mol. The third-order valence-electron chi connectivity index (χ3n) is 3.91. The molecule has 23 heavy (non-hydrogen) atoms. The van der Waals surface area contributed by atoms with E-state index >= 15 is 0 Å². The standard InChI is InChI=1S/C17H15N3O3/c21-17(12-6-8-22-11-12)20-7-5-13(10-20)23-16-9-18-14-3-1-2-4-15(14)19-16/h1-4,6,8-9,11,13H,5,7,10H2. The molecule has 1 unspecified atom stereocenters. The van der Waals surface area contributed by atoms with Crippen molar-refractivity contribution in [2.75, 3.05) is 13.1 Å². The Bertz CT molecular complexity index is 832. The Morgan fingerprint density at radius 1 is 1.26 bits per heavy atom. The molecule has 1 fully saturated rings. The second kappa shape index (κ2) is 5.72. The van der Waals surface area contributed by atoms with Gasteiger partial charge in [0.2, 0.25) is 5.88 Å². The fourth-order valence-electron chi connectivity index (χ4n) is 2.75. The van der Waals surface area contributed by atoms with Crippen molar-refractivity contribution < 1.29 is 13.9 Å². The van der Waals surface area contributed by atoms with Crippen LogP contribution in [0.25, 0.3) is 11.0 Å². The zero-order valence-electron chi connectivity index (χ0n) is 12.4. The first-order valence-electron chi connectivity index (χ1n) is 7.49. The minimum atomic E-state index is -0.0682. The van der Waals surface area contributed by atoms with E-state index in [1.54, 1.807) is 17.2 Å². The van der Waals surface area contributed by atoms with Crippen LogP contribution < -0.4 is 4.74 Å². The van der Waals surface area contributed by atoms with Crippen molar-refractivity contribution in [2.45, 2.75) is 12.5 Å². The van der Waals surface area contributed by atoms with Gasteiger partial charge >= 0.3 is 0 Å². The Morgan fingerprint density at radius 3 is 2.96 bits per heavy atom. The Kier molecular flexibility index (Phi) is 3.42. The predicted octanol–water partition coefficient (Wildman–Crippen LogP) is 2.52. The lowest BCUT2D eigenvalue weighted by Crippen LogP contribution is -2.30. The SMILES string of the molecule is O=C(c1ccoc1)N1CCC(Oc2cnc3ccccc3n2)C1. The number of carbonyl (C=O) groups is 1. The van der Waals surface area contributed by atoms with Crippen molar-refractivity contribution in [1.82, 2.24) is 14.9 Å². The first kappa shape index (κ1) is 13.8. The number of para-hydroxylation sites is 2. The van der Waals surface area contributed by atoms with E-state index in [0.29, 0.717) is 24.5 Å². The van der Waals surface area contributed by atoms with E-state index in [0.717, 1.165) is 17.5 Å². The highest BCUT2D eigenvalue weighted by Gasteiger charge is 2.29. The maximum atomic E-state index is 12.3. The van der Waals surface area contributed by atoms with E-state index in [9.17, 15) is 4.79 Å². The summed E-state index contributed by atoms with van der Waals surface area (Å²) in [5.41, 5.74) is 2.20. The molecular formula is C17H15N3O3. The molecule has 1 atom stereocenters. The molecule has 0 spiro atoms. The molecule has 3 aromatic rings. The number of rotatable bonds is 3. The Morgan fingerprint density at radius 2 is 2.13 bits per heavy atom. The van der Waals surface area contributed by atoms with Crippen LogP contribution in [0.15, 0.2) is 53.5 Å². The van der Waals surface area contributed by atoms with Crippen molar-refractivity contribution in [3.8, 4) is 5.88 Å². The van der Waals surface area contributed by atoms with Gasteiger partial charge in [0.1, 0.15) is 12.4 Å². The second-order valence-corrected chi connectivity index (χ2v) is 5.49. The lowest BCUT2D eigenvalue weighted by Gasteiger charge is -2.16. The molecule has 1 aromatic carbocycles. The Labute approximate surface area is 132 Å². The molecule has 3 heterocycles. The van der Waals surface area contributed by atoms with Gasteiger partial charge in [0.05, 0.1) is 35.6 Å². The van der Waals surface area contributed by atoms with Crippen LogP contribution in [0.5, 0.6) is 5.88 Å². The van der Waals surface area contributed by atoms with Crippen LogP contribution in [0, 0.1) is 0 Å². The highest BCUT2D eigenvalue weighted by Crippen LogP contribution is 2.20. The molecule has 6 nitrogen and oxygen atoms in total. The Balaban J connectivity index is 1.44. The van der Waals surface area contributed by atoms with E-state index in [4.69, 9.17) is 9.15 Å². The summed E-state index contributed by atoms with van der Waals surface area (Å²) in [5.74, 6) is 0.459. The average Bonchev–Trinajstić information content (AvgIpc) is 3.26. The summed E-state index contributed by atoms with van der Waals surface area (Å²) in [6.45, 7) is 1.20. The molecule has 4 rings (SSSR count). The number of carbonyl (C=O) groups excluding carboxylic acids is 1. The van der Waals surface area contributed by atoms with E-state index in [2.05, 4.69) is 9.97 Å². The highest BCUT2D eigenvalue weighted by atomic mass is 16.5. The van der Waals surface area contributed by atoms with Gasteiger partial charge in [-0.2, -0.15) is 0 Å². The van der Waals surface area contributed by atoms with Crippen LogP contribution in [-0.4, -0.2) is 40.0 Å². The van der Waals surface area contributed by atoms with E-state index in [-0.39, 0.29) is 12.0 Å². The summed E-state index contributed by atoms with van der Waals surface area (Å²) in [7, 11) is 0. The number of benzene rings is 1. The lowest BCUT2D eigenvalue weighted by molar-refractivity contribution is 0.0770. The zero-order valence-corrected chi connectivity index (χ0v) is 12.4. The van der Waals surface area contributed by atoms with Gasteiger partial charge < -0.3 is 14.1 Å². The molecule has 1 aliphatic heterocycles. The van der Waals surface area contributed by atoms with Crippen LogP contribution in [0.4, 0.5) is 0 Å². The summed E-state index contributed by atoms with van der Waals surface area (Å²) < 4.78 is 10.9. The maximum absolute atomic E-state index is 12.3. The number of ether oxygens (including phenoxy) is 1. The largest absolute Gasteiger partial charge is 0.472 e. The smallest absolute Gasteiger partial charge is 0.257 e. The molecule has 0 N–H and O–H groups in total. The molecule has 2 aromatic heterocycles. The number of hydrogen-bond donors (Lipinski definition) is 0. The van der Waals surface area contributed by atoms with Crippen molar-refractivity contribution in [3.63, 3.8) is 0 Å². The number of amides is 1. The van der Waals surface area contributed by atoms with Crippen LogP contribution in [0.1, 0.15) is 16.8 Å². The average molecular weight is 309 g/mol. The number of aromatic nitrogens is 2. The number of likely N-dealkylation sites (tertiary alicyclic amines) is 1. The topological polar surface area (TPSA) is 68.5 Å². The summed E-state index contributed by atoms with van der Waals surface area (Å²) in [5, 5.41) is 0. The van der Waals surface area contributed by atoms with Crippen LogP contribution in [-0.2, 0) is 0 Å². The van der Waals surface area contributed by atoms with Crippen molar-refractivity contribution >= 4 is 16.9 Å². The first-order chi connectivity index (χ1) is 11.3. The zero-order chi connectivity index (χ0) is 15.6. The number of furan rings is 1. The molecule has 1 amide bonds. The Hall–Kier alpha value is -2.89. The van der Waals surface area contributed by atoms with Gasteiger partial charge in [-0.1, -0.05) is 12.1 Å². The maximum Gasteiger partial charge on any atom is 0.257 e. The summed E-state index contributed by atoms with van der Waals surface area (Å²) in [6, 6.07) is 9.33. The van der Waals surface area contributed by atoms with Gasteiger partial charge in [0, 0.05) is 13.0 Å². The van der Waals surface area contributed by atoms with Crippen LogP contribution in [0.2, 0.25) is 0 Å². The normalized spacial score (nSPS) is 17.6. The van der Waals surface area contributed by atoms with E-state index < -0.39 is 0 Å². The number of hydrogen-bond acceptors (Lipinski definition) is 5. The van der Waals surface area contributed by atoms with Gasteiger partial charge in [-0.05, 0) is 18.2 Å². The molecular weight excluding hydrogens is 294 g/mol. The summed E-state index contributed by atoms with van der Waals surface area (Å²) >= 11 is 0. The quantitative estimate of drug-likeness (QED) is 0.743. The highest BCUT2D eigenvalue weighted by molar-refractivity contribution is 5.94. The molecule has 0 bridgehead atoms. The van der Waals surface area contributed by atoms with Crippen molar-refractivity contribution in [3.05, 3.63) is 54.6 Å². The van der Waals surface area contributed by atoms with Gasteiger partial charge in [0.15, 0.2) is 0 Å². The molecule has 1 aliphatic rings. The fraction of sp³-hybridized carbons (Fsp3) is 0.235. The van der Waals surface area contributed by atoms with E-state index in [1.165, 1.54) is 12.5 Å². The van der Waals surface area contributed by atoms with Gasteiger partial charge in [-0.25, -0.2) is 9.97 Å². The third-order valence-corrected chi connectivity index (χ3v) is 3.91. The third kappa shape index (κ3) is 2.75. The molecule has 0 aliphatic carbocycles. The summed E-state index contributed by atoms with van der Waals surface area (Å²) in [6.07, 6.45) is 5.30. The fourth-order valence-corrected chi connectivity index (χ4v) is 2.75. The van der Waals surface area contributed by atoms with E-state index in [1.807, 2.05) is 24.3 Å². The number of nitrogens with zero attached hydrogens (tertiary/aromatic N) is 3. The molecule has 0 radical (unpaired) electrons.